The van der Waals surface area contributed by atoms with E-state index in [0.29, 0.717) is 23.1 Å². The number of nitriles is 1. The summed E-state index contributed by atoms with van der Waals surface area (Å²) in [6.07, 6.45) is 4.96. The monoisotopic (exact) mass is 300 g/mol. The number of pyridine rings is 2. The van der Waals surface area contributed by atoms with Gasteiger partial charge in [0.15, 0.2) is 0 Å². The van der Waals surface area contributed by atoms with Gasteiger partial charge in [0.2, 0.25) is 0 Å². The van der Waals surface area contributed by atoms with Gasteiger partial charge >= 0.3 is 0 Å². The standard InChI is InChI=1S/C15H13ClN4O/c16-14-4-11(5-17)6-19-15(14)20-8-12(9-20)10-21-13-2-1-3-18-7-13/h1-4,6-7,12H,8-10H2. The number of nitrogens with zero attached hydrogens (tertiary/aromatic N) is 4. The second-order valence-corrected chi connectivity index (χ2v) is 5.32. The summed E-state index contributed by atoms with van der Waals surface area (Å²) in [6.45, 7) is 2.34. The molecule has 21 heavy (non-hydrogen) atoms. The van der Waals surface area contributed by atoms with E-state index < -0.39 is 0 Å². The molecule has 0 N–H and O–H groups in total. The van der Waals surface area contributed by atoms with Crippen molar-refractivity contribution in [2.75, 3.05) is 24.6 Å². The summed E-state index contributed by atoms with van der Waals surface area (Å²) in [5.41, 5.74) is 0.473. The second kappa shape index (κ2) is 5.98. The number of hydrogen-bond donors (Lipinski definition) is 0. The molecule has 1 aliphatic rings. The van der Waals surface area contributed by atoms with Crippen molar-refractivity contribution in [3.63, 3.8) is 0 Å². The van der Waals surface area contributed by atoms with Gasteiger partial charge in [0, 0.05) is 31.4 Å². The zero-order valence-corrected chi connectivity index (χ0v) is 12.0. The molecule has 1 saturated heterocycles. The number of rotatable bonds is 4. The van der Waals surface area contributed by atoms with Crippen LogP contribution in [0.25, 0.3) is 0 Å². The summed E-state index contributed by atoms with van der Waals surface area (Å²) in [7, 11) is 0. The Morgan fingerprint density at radius 3 is 2.95 bits per heavy atom. The van der Waals surface area contributed by atoms with Crippen LogP contribution in [0, 0.1) is 17.2 Å². The van der Waals surface area contributed by atoms with Gasteiger partial charge in [0.05, 0.1) is 23.4 Å². The number of anilines is 1. The molecule has 3 heterocycles. The largest absolute Gasteiger partial charge is 0.492 e. The van der Waals surface area contributed by atoms with E-state index in [1.54, 1.807) is 24.7 Å². The van der Waals surface area contributed by atoms with Crippen molar-refractivity contribution in [3.05, 3.63) is 47.4 Å². The fraction of sp³-hybridized carbons (Fsp3) is 0.267. The molecule has 0 atom stereocenters. The van der Waals surface area contributed by atoms with E-state index in [2.05, 4.69) is 14.9 Å². The number of halogens is 1. The van der Waals surface area contributed by atoms with Crippen molar-refractivity contribution in [2.45, 2.75) is 0 Å². The first-order chi connectivity index (χ1) is 10.3. The second-order valence-electron chi connectivity index (χ2n) is 4.91. The lowest BCUT2D eigenvalue weighted by atomic mass is 10.0. The van der Waals surface area contributed by atoms with Crippen LogP contribution >= 0.6 is 11.6 Å². The van der Waals surface area contributed by atoms with Crippen LogP contribution in [0.5, 0.6) is 5.75 Å². The minimum Gasteiger partial charge on any atom is -0.492 e. The third kappa shape index (κ3) is 3.06. The highest BCUT2D eigenvalue weighted by atomic mass is 35.5. The quantitative estimate of drug-likeness (QED) is 0.868. The summed E-state index contributed by atoms with van der Waals surface area (Å²) < 4.78 is 5.68. The average Bonchev–Trinajstić information content (AvgIpc) is 2.48. The minimum atomic E-state index is 0.443. The first-order valence-corrected chi connectivity index (χ1v) is 6.97. The van der Waals surface area contributed by atoms with Crippen LogP contribution in [-0.2, 0) is 0 Å². The van der Waals surface area contributed by atoms with Crippen LogP contribution < -0.4 is 9.64 Å². The van der Waals surface area contributed by atoms with Gasteiger partial charge in [0.25, 0.3) is 0 Å². The predicted octanol–water partition coefficient (Wildman–Crippen LogP) is 2.52. The average molecular weight is 301 g/mol. The highest BCUT2D eigenvalue weighted by molar-refractivity contribution is 6.33. The maximum atomic E-state index is 8.80. The Balaban J connectivity index is 1.53. The summed E-state index contributed by atoms with van der Waals surface area (Å²) in [4.78, 5) is 10.3. The molecular formula is C15H13ClN4O. The van der Waals surface area contributed by atoms with E-state index >= 15 is 0 Å². The lowest BCUT2D eigenvalue weighted by Gasteiger charge is -2.40. The highest BCUT2D eigenvalue weighted by Crippen LogP contribution is 2.30. The van der Waals surface area contributed by atoms with Crippen LogP contribution in [-0.4, -0.2) is 29.7 Å². The van der Waals surface area contributed by atoms with Gasteiger partial charge in [-0.3, -0.25) is 4.98 Å². The van der Waals surface area contributed by atoms with Crippen LogP contribution in [0.15, 0.2) is 36.8 Å². The molecule has 2 aromatic heterocycles. The Morgan fingerprint density at radius 1 is 1.43 bits per heavy atom. The van der Waals surface area contributed by atoms with Crippen molar-refractivity contribution in [2.24, 2.45) is 5.92 Å². The number of ether oxygens (including phenoxy) is 1. The molecule has 0 bridgehead atoms. The van der Waals surface area contributed by atoms with E-state index in [9.17, 15) is 0 Å². The molecular weight excluding hydrogens is 288 g/mol. The zero-order chi connectivity index (χ0) is 14.7. The number of aromatic nitrogens is 2. The lowest BCUT2D eigenvalue weighted by molar-refractivity contribution is 0.219. The van der Waals surface area contributed by atoms with Gasteiger partial charge in [0.1, 0.15) is 17.6 Å². The first kappa shape index (κ1) is 13.7. The fourth-order valence-corrected chi connectivity index (χ4v) is 2.51. The Labute approximate surface area is 127 Å². The molecule has 0 aliphatic carbocycles. The predicted molar refractivity (Wildman–Crippen MR) is 79.4 cm³/mol. The Bertz CT molecular complexity index is 665. The highest BCUT2D eigenvalue weighted by Gasteiger charge is 2.29. The van der Waals surface area contributed by atoms with Gasteiger partial charge < -0.3 is 9.64 Å². The summed E-state index contributed by atoms with van der Waals surface area (Å²) in [5, 5.41) is 9.31. The molecule has 0 amide bonds. The summed E-state index contributed by atoms with van der Waals surface area (Å²) >= 11 is 6.14. The van der Waals surface area contributed by atoms with E-state index in [1.807, 2.05) is 18.2 Å². The van der Waals surface area contributed by atoms with Crippen LogP contribution in [0.1, 0.15) is 5.56 Å². The summed E-state index contributed by atoms with van der Waals surface area (Å²) in [5.74, 6) is 1.96. The van der Waals surface area contributed by atoms with Gasteiger partial charge in [-0.1, -0.05) is 11.6 Å². The molecule has 6 heteroatoms. The first-order valence-electron chi connectivity index (χ1n) is 6.59. The minimum absolute atomic E-state index is 0.443. The molecule has 3 rings (SSSR count). The Morgan fingerprint density at radius 2 is 2.29 bits per heavy atom. The van der Waals surface area contributed by atoms with Crippen molar-refractivity contribution in [1.29, 1.82) is 5.26 Å². The van der Waals surface area contributed by atoms with Crippen molar-refractivity contribution in [1.82, 2.24) is 9.97 Å². The van der Waals surface area contributed by atoms with Crippen LogP contribution in [0.4, 0.5) is 5.82 Å². The fourth-order valence-electron chi connectivity index (χ4n) is 2.22. The smallest absolute Gasteiger partial charge is 0.147 e. The van der Waals surface area contributed by atoms with E-state index in [1.165, 1.54) is 0 Å². The topological polar surface area (TPSA) is 62.0 Å². The normalized spacial score (nSPS) is 14.4. The Kier molecular flexibility index (Phi) is 3.89. The molecule has 0 spiro atoms. The molecule has 106 valence electrons. The maximum absolute atomic E-state index is 8.80. The zero-order valence-electron chi connectivity index (χ0n) is 11.2. The molecule has 1 fully saturated rings. The van der Waals surface area contributed by atoms with E-state index in [0.717, 1.165) is 24.7 Å². The SMILES string of the molecule is N#Cc1cnc(N2CC(COc3cccnc3)C2)c(Cl)c1. The molecule has 2 aromatic rings. The lowest BCUT2D eigenvalue weighted by Crippen LogP contribution is -2.49. The Hall–Kier alpha value is -2.32. The third-order valence-corrected chi connectivity index (χ3v) is 3.61. The van der Waals surface area contributed by atoms with Gasteiger partial charge in [-0.2, -0.15) is 5.26 Å². The maximum Gasteiger partial charge on any atom is 0.147 e. The molecule has 5 nitrogen and oxygen atoms in total. The van der Waals surface area contributed by atoms with Gasteiger partial charge in [-0.05, 0) is 18.2 Å². The molecule has 1 aliphatic heterocycles. The van der Waals surface area contributed by atoms with Crippen molar-refractivity contribution in [3.8, 4) is 11.8 Å². The van der Waals surface area contributed by atoms with Crippen LogP contribution in [0.2, 0.25) is 5.02 Å². The number of hydrogen-bond acceptors (Lipinski definition) is 5. The molecule has 0 saturated carbocycles. The van der Waals surface area contributed by atoms with Crippen molar-refractivity contribution >= 4 is 17.4 Å². The van der Waals surface area contributed by atoms with Gasteiger partial charge in [-0.25, -0.2) is 4.98 Å². The molecule has 0 aromatic carbocycles. The third-order valence-electron chi connectivity index (χ3n) is 3.33. The molecule has 0 radical (unpaired) electrons. The summed E-state index contributed by atoms with van der Waals surface area (Å²) in [6, 6.07) is 7.41. The molecule has 0 unspecified atom stereocenters. The van der Waals surface area contributed by atoms with E-state index in [-0.39, 0.29) is 0 Å². The van der Waals surface area contributed by atoms with Crippen molar-refractivity contribution < 1.29 is 4.74 Å². The van der Waals surface area contributed by atoms with E-state index in [4.69, 9.17) is 21.6 Å². The van der Waals surface area contributed by atoms with Crippen LogP contribution in [0.3, 0.4) is 0 Å². The van der Waals surface area contributed by atoms with Gasteiger partial charge in [-0.15, -0.1) is 0 Å².